The standard InChI is InChI=1S/C13H13ClN4O3/c1-2-15-12-5-4-10(14)11(16-12)8-17-7-9(18(20)21)3-6-13(17)19/h3-7H,2,8H2,1H3,(H,15,16). The fourth-order valence-electron chi connectivity index (χ4n) is 1.79. The largest absolute Gasteiger partial charge is 0.370 e. The van der Waals surface area contributed by atoms with E-state index in [0.29, 0.717) is 23.1 Å². The highest BCUT2D eigenvalue weighted by atomic mass is 35.5. The summed E-state index contributed by atoms with van der Waals surface area (Å²) in [4.78, 5) is 26.3. The average molecular weight is 309 g/mol. The van der Waals surface area contributed by atoms with Gasteiger partial charge in [-0.05, 0) is 19.1 Å². The van der Waals surface area contributed by atoms with Crippen LogP contribution < -0.4 is 10.9 Å². The first-order valence-electron chi connectivity index (χ1n) is 6.25. The van der Waals surface area contributed by atoms with Crippen LogP contribution in [0, 0.1) is 10.1 Å². The van der Waals surface area contributed by atoms with Crippen molar-refractivity contribution < 1.29 is 4.92 Å². The lowest BCUT2D eigenvalue weighted by molar-refractivity contribution is -0.385. The summed E-state index contributed by atoms with van der Waals surface area (Å²) in [5.74, 6) is 0.635. The first-order chi connectivity index (χ1) is 10.0. The maximum atomic E-state index is 11.8. The zero-order valence-electron chi connectivity index (χ0n) is 11.2. The van der Waals surface area contributed by atoms with Gasteiger partial charge < -0.3 is 9.88 Å². The molecule has 21 heavy (non-hydrogen) atoms. The number of pyridine rings is 2. The van der Waals surface area contributed by atoms with E-state index in [2.05, 4.69) is 10.3 Å². The van der Waals surface area contributed by atoms with Gasteiger partial charge in [-0.1, -0.05) is 11.6 Å². The van der Waals surface area contributed by atoms with Crippen LogP contribution in [0.1, 0.15) is 12.6 Å². The SMILES string of the molecule is CCNc1ccc(Cl)c(Cn2cc([N+](=O)[O-])ccc2=O)n1. The molecular weight excluding hydrogens is 296 g/mol. The molecule has 0 unspecified atom stereocenters. The molecule has 0 aliphatic heterocycles. The number of anilines is 1. The molecule has 0 amide bonds. The van der Waals surface area contributed by atoms with Gasteiger partial charge in [0, 0.05) is 18.7 Å². The zero-order valence-corrected chi connectivity index (χ0v) is 12.0. The number of hydrogen-bond acceptors (Lipinski definition) is 5. The average Bonchev–Trinajstić information content (AvgIpc) is 2.45. The molecule has 7 nitrogen and oxygen atoms in total. The van der Waals surface area contributed by atoms with Crippen LogP contribution in [0.15, 0.2) is 35.3 Å². The Kier molecular flexibility index (Phi) is 4.54. The van der Waals surface area contributed by atoms with Crippen LogP contribution >= 0.6 is 11.6 Å². The normalized spacial score (nSPS) is 10.4. The number of rotatable bonds is 5. The van der Waals surface area contributed by atoms with E-state index in [9.17, 15) is 14.9 Å². The molecule has 2 rings (SSSR count). The van der Waals surface area contributed by atoms with Crippen molar-refractivity contribution >= 4 is 23.1 Å². The van der Waals surface area contributed by atoms with Crippen molar-refractivity contribution in [2.45, 2.75) is 13.5 Å². The van der Waals surface area contributed by atoms with E-state index >= 15 is 0 Å². The highest BCUT2D eigenvalue weighted by molar-refractivity contribution is 6.31. The molecule has 2 heterocycles. The summed E-state index contributed by atoms with van der Waals surface area (Å²) in [6, 6.07) is 5.72. The highest BCUT2D eigenvalue weighted by Gasteiger charge is 2.10. The third-order valence-corrected chi connectivity index (χ3v) is 3.12. The molecule has 2 aromatic heterocycles. The molecule has 0 fully saturated rings. The first kappa shape index (κ1) is 15.0. The highest BCUT2D eigenvalue weighted by Crippen LogP contribution is 2.18. The third-order valence-electron chi connectivity index (χ3n) is 2.78. The minimum absolute atomic E-state index is 0.0680. The summed E-state index contributed by atoms with van der Waals surface area (Å²) >= 11 is 6.06. The molecular formula is C13H13ClN4O3. The molecule has 1 N–H and O–H groups in total. The Hall–Kier alpha value is -2.41. The molecule has 0 atom stereocenters. The van der Waals surface area contributed by atoms with E-state index in [0.717, 1.165) is 6.07 Å². The maximum Gasteiger partial charge on any atom is 0.285 e. The fraction of sp³-hybridized carbons (Fsp3) is 0.231. The molecule has 0 saturated heterocycles. The number of hydrogen-bond donors (Lipinski definition) is 1. The molecule has 0 spiro atoms. The topological polar surface area (TPSA) is 90.1 Å². The molecule has 0 bridgehead atoms. The van der Waals surface area contributed by atoms with Crippen LogP contribution in [0.5, 0.6) is 0 Å². The molecule has 0 aromatic carbocycles. The summed E-state index contributed by atoms with van der Waals surface area (Å²) in [5, 5.41) is 14.2. The minimum Gasteiger partial charge on any atom is -0.370 e. The molecule has 0 radical (unpaired) electrons. The van der Waals surface area contributed by atoms with E-state index in [1.54, 1.807) is 12.1 Å². The van der Waals surface area contributed by atoms with E-state index in [-0.39, 0.29) is 17.8 Å². The zero-order chi connectivity index (χ0) is 15.4. The summed E-state index contributed by atoms with van der Waals surface area (Å²) in [6.07, 6.45) is 1.18. The van der Waals surface area contributed by atoms with Gasteiger partial charge in [-0.3, -0.25) is 14.9 Å². The van der Waals surface area contributed by atoms with Crippen molar-refractivity contribution in [3.8, 4) is 0 Å². The number of nitrogens with one attached hydrogen (secondary N) is 1. The van der Waals surface area contributed by atoms with Gasteiger partial charge in [0.05, 0.1) is 28.4 Å². The van der Waals surface area contributed by atoms with Gasteiger partial charge >= 0.3 is 0 Å². The van der Waals surface area contributed by atoms with Crippen molar-refractivity contribution in [2.75, 3.05) is 11.9 Å². The van der Waals surface area contributed by atoms with Gasteiger partial charge in [0.25, 0.3) is 11.2 Å². The second kappa shape index (κ2) is 6.36. The van der Waals surface area contributed by atoms with E-state index < -0.39 is 4.92 Å². The van der Waals surface area contributed by atoms with Crippen LogP contribution in [-0.2, 0) is 6.54 Å². The predicted molar refractivity (Wildman–Crippen MR) is 79.9 cm³/mol. The van der Waals surface area contributed by atoms with E-state index in [1.807, 2.05) is 6.92 Å². The molecule has 2 aromatic rings. The molecule has 0 saturated carbocycles. The van der Waals surface area contributed by atoms with Crippen molar-refractivity contribution in [1.29, 1.82) is 0 Å². The van der Waals surface area contributed by atoms with Crippen LogP contribution in [-0.4, -0.2) is 21.0 Å². The second-order valence-electron chi connectivity index (χ2n) is 4.27. The van der Waals surface area contributed by atoms with Gasteiger partial charge in [-0.15, -0.1) is 0 Å². The summed E-state index contributed by atoms with van der Waals surface area (Å²) in [6.45, 7) is 2.70. The number of halogens is 1. The van der Waals surface area contributed by atoms with Crippen LogP contribution in [0.2, 0.25) is 5.02 Å². The smallest absolute Gasteiger partial charge is 0.285 e. The van der Waals surface area contributed by atoms with E-state index in [4.69, 9.17) is 11.6 Å². The molecule has 110 valence electrons. The van der Waals surface area contributed by atoms with Crippen molar-refractivity contribution in [3.63, 3.8) is 0 Å². The van der Waals surface area contributed by atoms with Gasteiger partial charge in [0.1, 0.15) is 5.82 Å². The van der Waals surface area contributed by atoms with Crippen molar-refractivity contribution in [2.24, 2.45) is 0 Å². The Balaban J connectivity index is 2.37. The lowest BCUT2D eigenvalue weighted by Gasteiger charge is -2.09. The van der Waals surface area contributed by atoms with Crippen LogP contribution in [0.4, 0.5) is 11.5 Å². The van der Waals surface area contributed by atoms with Crippen LogP contribution in [0.25, 0.3) is 0 Å². The van der Waals surface area contributed by atoms with Gasteiger partial charge in [-0.2, -0.15) is 0 Å². The van der Waals surface area contributed by atoms with Gasteiger partial charge in [0.2, 0.25) is 0 Å². The Morgan fingerprint density at radius 1 is 1.38 bits per heavy atom. The van der Waals surface area contributed by atoms with Crippen molar-refractivity contribution in [1.82, 2.24) is 9.55 Å². The predicted octanol–water partition coefficient (Wildman–Crippen LogP) is 2.29. The third kappa shape index (κ3) is 3.57. The molecule has 0 aliphatic rings. The quantitative estimate of drug-likeness (QED) is 0.676. The van der Waals surface area contributed by atoms with E-state index in [1.165, 1.54) is 16.8 Å². The Morgan fingerprint density at radius 3 is 2.81 bits per heavy atom. The number of aromatic nitrogens is 2. The number of nitrogens with zero attached hydrogens (tertiary/aromatic N) is 3. The lowest BCUT2D eigenvalue weighted by Crippen LogP contribution is -2.20. The van der Waals surface area contributed by atoms with Gasteiger partial charge in [-0.25, -0.2) is 4.98 Å². The van der Waals surface area contributed by atoms with Gasteiger partial charge in [0.15, 0.2) is 0 Å². The van der Waals surface area contributed by atoms with Crippen molar-refractivity contribution in [3.05, 3.63) is 61.6 Å². The summed E-state index contributed by atoms with van der Waals surface area (Å²) in [7, 11) is 0. The monoisotopic (exact) mass is 308 g/mol. The Bertz CT molecular complexity index is 730. The fourth-order valence-corrected chi connectivity index (χ4v) is 1.95. The maximum absolute atomic E-state index is 11.8. The second-order valence-corrected chi connectivity index (χ2v) is 4.67. The summed E-state index contributed by atoms with van der Waals surface area (Å²) < 4.78 is 1.21. The Morgan fingerprint density at radius 2 is 2.14 bits per heavy atom. The molecule has 8 heteroatoms. The first-order valence-corrected chi connectivity index (χ1v) is 6.63. The lowest BCUT2D eigenvalue weighted by atomic mass is 10.3. The van der Waals surface area contributed by atoms with Crippen LogP contribution in [0.3, 0.4) is 0 Å². The Labute approximate surface area is 125 Å². The molecule has 0 aliphatic carbocycles. The summed E-state index contributed by atoms with van der Waals surface area (Å²) in [5.41, 5.74) is -0.0430. The number of nitro groups is 1. The minimum atomic E-state index is -0.556.